The van der Waals surface area contributed by atoms with Gasteiger partial charge in [-0.25, -0.2) is 29.8 Å². The van der Waals surface area contributed by atoms with E-state index in [1.807, 2.05) is 5.27 Å². The number of carbonyl (C=O) groups is 2. The van der Waals surface area contributed by atoms with Gasteiger partial charge in [0.1, 0.15) is 0 Å². The van der Waals surface area contributed by atoms with Crippen LogP contribution in [0.4, 0.5) is 9.59 Å². The maximum atomic E-state index is 10.4. The van der Waals surface area contributed by atoms with Crippen LogP contribution >= 0.6 is 0 Å². The maximum absolute atomic E-state index is 10.4. The molecule has 4 N–H and O–H groups in total. The number of carbonyl (C=O) groups excluding carboxylic acids is 2. The van der Waals surface area contributed by atoms with E-state index in [1.165, 1.54) is 0 Å². The fourth-order valence-corrected chi connectivity index (χ4v) is 0.226. The quantitative estimate of drug-likeness (QED) is 0.193. The van der Waals surface area contributed by atoms with Gasteiger partial charge in [-0.05, 0) is 0 Å². The van der Waals surface area contributed by atoms with Crippen LogP contribution in [0.2, 0.25) is 0 Å². The van der Waals surface area contributed by atoms with Gasteiger partial charge in [-0.1, -0.05) is 5.27 Å². The molecule has 1 heterocycles. The first-order chi connectivity index (χ1) is 5.24. The molecule has 0 aliphatic carbocycles. The third-order valence-electron chi connectivity index (χ3n) is 0.655. The van der Waals surface area contributed by atoms with Crippen LogP contribution in [0.5, 0.6) is 0 Å². The first-order valence-corrected chi connectivity index (χ1v) is 2.36. The predicted molar refractivity (Wildman–Crippen MR) is 26.7 cm³/mol. The Kier molecular flexibility index (Phi) is 1.83. The van der Waals surface area contributed by atoms with Crippen LogP contribution < -0.4 is 11.3 Å². The first-order valence-electron chi connectivity index (χ1n) is 2.36. The van der Waals surface area contributed by atoms with Gasteiger partial charge in [-0.2, -0.15) is 0 Å². The van der Waals surface area contributed by atoms with Crippen molar-refractivity contribution < 1.29 is 24.0 Å². The Hall–Kier alpha value is -1.90. The average Bonchev–Trinajstić information content (AvgIpc) is 2.81. The van der Waals surface area contributed by atoms with E-state index in [-0.39, 0.29) is 0 Å². The van der Waals surface area contributed by atoms with Crippen LogP contribution in [-0.2, 0) is 9.78 Å². The molecule has 0 bridgehead atoms. The van der Waals surface area contributed by atoms with Gasteiger partial charge in [0, 0.05) is 4.85 Å². The number of rotatable bonds is 0. The van der Waals surface area contributed by atoms with Crippen molar-refractivity contribution in [1.82, 2.24) is 15.6 Å². The summed E-state index contributed by atoms with van der Waals surface area (Å²) in [5.74, 6) is 4.57. The molecule has 0 aromatic carbocycles. The van der Waals surface area contributed by atoms with Gasteiger partial charge in [-0.15, -0.1) is 0 Å². The number of aromatic nitrogens is 2. The van der Waals surface area contributed by atoms with Gasteiger partial charge in [0.05, 0.1) is 0 Å². The number of hydrogen-bond acceptors (Lipinski definition) is 6. The molecule has 0 spiro atoms. The summed E-state index contributed by atoms with van der Waals surface area (Å²) in [5.41, 5.74) is 1.56. The van der Waals surface area contributed by atoms with Crippen molar-refractivity contribution in [2.75, 3.05) is 0 Å². The van der Waals surface area contributed by atoms with E-state index >= 15 is 0 Å². The molecule has 0 aliphatic rings. The lowest BCUT2D eigenvalue weighted by atomic mass is 11.2. The minimum atomic E-state index is -1.10. The molecule has 0 fully saturated rings. The summed E-state index contributed by atoms with van der Waals surface area (Å²) in [6.45, 7) is 0. The van der Waals surface area contributed by atoms with Gasteiger partial charge < -0.3 is 0 Å². The maximum Gasteiger partial charge on any atom is 0.509 e. The SMILES string of the molecule is NNC(=O)OOC(=O)n1[nH]o1. The number of aromatic amines is 1. The van der Waals surface area contributed by atoms with Crippen LogP contribution in [0.25, 0.3) is 0 Å². The van der Waals surface area contributed by atoms with E-state index in [0.29, 0.717) is 4.85 Å². The van der Waals surface area contributed by atoms with Crippen molar-refractivity contribution in [3.63, 3.8) is 0 Å². The zero-order valence-corrected chi connectivity index (χ0v) is 5.07. The van der Waals surface area contributed by atoms with Crippen molar-refractivity contribution in [2.24, 2.45) is 5.84 Å². The van der Waals surface area contributed by atoms with E-state index in [9.17, 15) is 9.59 Å². The molecule has 62 valence electrons. The number of hydrazine groups is 1. The van der Waals surface area contributed by atoms with Crippen LogP contribution in [0, 0.1) is 0 Å². The van der Waals surface area contributed by atoms with E-state index in [2.05, 4.69) is 20.2 Å². The minimum absolute atomic E-state index is 0.587. The highest BCUT2D eigenvalue weighted by atomic mass is 17.2. The summed E-state index contributed by atoms with van der Waals surface area (Å²) in [4.78, 5) is 28.7. The lowest BCUT2D eigenvalue weighted by Crippen LogP contribution is -2.31. The van der Waals surface area contributed by atoms with Crippen LogP contribution in [-0.4, -0.2) is 22.3 Å². The molecule has 0 unspecified atom stereocenters. The lowest BCUT2D eigenvalue weighted by Gasteiger charge is -1.96. The van der Waals surface area contributed by atoms with Crippen molar-refractivity contribution in [2.45, 2.75) is 0 Å². The Labute approximate surface area is 58.8 Å². The highest BCUT2D eigenvalue weighted by molar-refractivity contribution is 5.70. The van der Waals surface area contributed by atoms with E-state index < -0.39 is 12.2 Å². The number of amides is 1. The smallest absolute Gasteiger partial charge is 0.256 e. The normalized spacial score (nSPS) is 9.18. The second-order valence-corrected chi connectivity index (χ2v) is 1.34. The molecule has 0 radical (unpaired) electrons. The molecular formula is C2H4N4O5. The second-order valence-electron chi connectivity index (χ2n) is 1.34. The molecule has 0 atom stereocenters. The molecular weight excluding hydrogens is 160 g/mol. The monoisotopic (exact) mass is 164 g/mol. The molecule has 9 heteroatoms. The molecule has 0 aliphatic heterocycles. The second kappa shape index (κ2) is 2.79. The predicted octanol–water partition coefficient (Wildman–Crippen LogP) is -1.09. The van der Waals surface area contributed by atoms with E-state index in [4.69, 9.17) is 0 Å². The topological polar surface area (TPSA) is 125 Å². The number of nitrogens with two attached hydrogens (primary N) is 1. The van der Waals surface area contributed by atoms with E-state index in [0.717, 1.165) is 0 Å². The third-order valence-corrected chi connectivity index (χ3v) is 0.655. The summed E-state index contributed by atoms with van der Waals surface area (Å²) in [6.07, 6.45) is -2.12. The Bertz CT molecular complexity index is 235. The van der Waals surface area contributed by atoms with Crippen LogP contribution in [0.15, 0.2) is 4.63 Å². The number of nitrogens with zero attached hydrogens (tertiary/aromatic N) is 1. The summed E-state index contributed by atoms with van der Waals surface area (Å²) in [7, 11) is 0. The average molecular weight is 164 g/mol. The Morgan fingerprint density at radius 2 is 2.18 bits per heavy atom. The van der Waals surface area contributed by atoms with Crippen molar-refractivity contribution in [1.29, 1.82) is 0 Å². The Morgan fingerprint density at radius 3 is 2.64 bits per heavy atom. The molecule has 11 heavy (non-hydrogen) atoms. The summed E-state index contributed by atoms with van der Waals surface area (Å²) < 4.78 is 4.10. The molecule has 1 aromatic heterocycles. The third kappa shape index (κ3) is 2.06. The number of nitrogens with one attached hydrogen (secondary N) is 2. The molecule has 1 amide bonds. The van der Waals surface area contributed by atoms with E-state index in [1.54, 1.807) is 5.43 Å². The standard InChI is InChI=1S/C2H4N4O5/c3-4-1(7)9-10-2(8)6-5-11-6/h5H,3H2,(H,4,7). The zero-order chi connectivity index (χ0) is 8.27. The summed E-state index contributed by atoms with van der Waals surface area (Å²) in [5, 5.41) is 1.99. The number of H-pyrrole nitrogens is 1. The van der Waals surface area contributed by atoms with Crippen LogP contribution in [0.1, 0.15) is 0 Å². The highest BCUT2D eigenvalue weighted by Gasteiger charge is 2.15. The van der Waals surface area contributed by atoms with Crippen molar-refractivity contribution >= 4 is 12.2 Å². The molecule has 1 aromatic rings. The van der Waals surface area contributed by atoms with Gasteiger partial charge in [0.15, 0.2) is 0 Å². The highest BCUT2D eigenvalue weighted by Crippen LogP contribution is 1.90. The molecule has 0 saturated carbocycles. The molecule has 1 rings (SSSR count). The summed E-state index contributed by atoms with van der Waals surface area (Å²) in [6, 6.07) is 0. The Morgan fingerprint density at radius 1 is 1.55 bits per heavy atom. The summed E-state index contributed by atoms with van der Waals surface area (Å²) >= 11 is 0. The van der Waals surface area contributed by atoms with Crippen molar-refractivity contribution in [3.8, 4) is 0 Å². The van der Waals surface area contributed by atoms with Crippen molar-refractivity contribution in [3.05, 3.63) is 0 Å². The first kappa shape index (κ1) is 7.21. The largest absolute Gasteiger partial charge is 0.509 e. The fourth-order valence-electron chi connectivity index (χ4n) is 0.226. The minimum Gasteiger partial charge on any atom is -0.256 e. The van der Waals surface area contributed by atoms with Gasteiger partial charge in [-0.3, -0.25) is 5.43 Å². The molecule has 9 nitrogen and oxygen atoms in total. The zero-order valence-electron chi connectivity index (χ0n) is 5.07. The molecule has 0 saturated heterocycles. The van der Waals surface area contributed by atoms with Gasteiger partial charge >= 0.3 is 12.2 Å². The van der Waals surface area contributed by atoms with Gasteiger partial charge in [0.25, 0.3) is 0 Å². The number of hydrogen-bond donors (Lipinski definition) is 3. The Balaban J connectivity index is 2.18. The van der Waals surface area contributed by atoms with Crippen LogP contribution in [0.3, 0.4) is 0 Å². The lowest BCUT2D eigenvalue weighted by molar-refractivity contribution is -0.179. The van der Waals surface area contributed by atoms with Gasteiger partial charge in [0.2, 0.25) is 0 Å². The fraction of sp³-hybridized carbons (Fsp3) is 0.